The van der Waals surface area contributed by atoms with Crippen LogP contribution in [-0.4, -0.2) is 21.2 Å². The van der Waals surface area contributed by atoms with Crippen LogP contribution in [0.2, 0.25) is 0 Å². The molecule has 0 spiro atoms. The molecule has 25 heavy (non-hydrogen) atoms. The Morgan fingerprint density at radius 3 is 2.84 bits per heavy atom. The fourth-order valence-electron chi connectivity index (χ4n) is 3.11. The van der Waals surface area contributed by atoms with Crippen LogP contribution in [0.5, 0.6) is 0 Å². The van der Waals surface area contributed by atoms with E-state index in [-0.39, 0.29) is 5.91 Å². The number of nitrogens with zero attached hydrogens (tertiary/aromatic N) is 2. The number of thioether (sulfide) groups is 1. The summed E-state index contributed by atoms with van der Waals surface area (Å²) in [6.07, 6.45) is 2.07. The van der Waals surface area contributed by atoms with Gasteiger partial charge in [-0.3, -0.25) is 4.79 Å². The van der Waals surface area contributed by atoms with Gasteiger partial charge in [0.15, 0.2) is 5.16 Å². The predicted molar refractivity (Wildman–Crippen MR) is 102 cm³/mol. The standard InChI is InChI=1S/C20H19N3OS/c1-13-7-8-15(14(2)11-13)19(24)21-17-6-4-3-5-16(17)18-12-23-9-10-25-20(23)22-18/h3-8,11-12H,9-10H2,1-2H3,(H,21,24). The minimum Gasteiger partial charge on any atom is -0.325 e. The highest BCUT2D eigenvalue weighted by Crippen LogP contribution is 2.32. The second kappa shape index (κ2) is 6.41. The van der Waals surface area contributed by atoms with Crippen molar-refractivity contribution in [3.63, 3.8) is 0 Å². The van der Waals surface area contributed by atoms with Gasteiger partial charge in [-0.15, -0.1) is 0 Å². The highest BCUT2D eigenvalue weighted by molar-refractivity contribution is 7.99. The van der Waals surface area contributed by atoms with E-state index in [0.717, 1.165) is 45.5 Å². The molecule has 1 aliphatic rings. The van der Waals surface area contributed by atoms with Gasteiger partial charge in [0.05, 0.1) is 11.4 Å². The van der Waals surface area contributed by atoms with Gasteiger partial charge in [0, 0.05) is 29.6 Å². The van der Waals surface area contributed by atoms with Crippen LogP contribution in [0.25, 0.3) is 11.3 Å². The van der Waals surface area contributed by atoms with E-state index in [0.29, 0.717) is 5.56 Å². The van der Waals surface area contributed by atoms with Crippen molar-refractivity contribution >= 4 is 23.4 Å². The number of hydrogen-bond donors (Lipinski definition) is 1. The zero-order chi connectivity index (χ0) is 17.4. The fourth-order valence-corrected chi connectivity index (χ4v) is 4.06. The summed E-state index contributed by atoms with van der Waals surface area (Å²) < 4.78 is 2.17. The number of aryl methyl sites for hydroxylation is 3. The molecule has 0 atom stereocenters. The molecule has 0 saturated heterocycles. The maximum atomic E-state index is 12.7. The first-order valence-electron chi connectivity index (χ1n) is 8.30. The summed E-state index contributed by atoms with van der Waals surface area (Å²) in [6.45, 7) is 4.98. The molecule has 3 aromatic rings. The van der Waals surface area contributed by atoms with Gasteiger partial charge in [-0.1, -0.05) is 47.7 Å². The number of fused-ring (bicyclic) bond motifs is 1. The summed E-state index contributed by atoms with van der Waals surface area (Å²) in [5.41, 5.74) is 5.46. The number of imidazole rings is 1. The van der Waals surface area contributed by atoms with E-state index in [1.807, 2.05) is 56.3 Å². The molecule has 2 heterocycles. The van der Waals surface area contributed by atoms with Gasteiger partial charge in [0.2, 0.25) is 0 Å². The van der Waals surface area contributed by atoms with E-state index in [4.69, 9.17) is 4.98 Å². The molecule has 0 unspecified atom stereocenters. The summed E-state index contributed by atoms with van der Waals surface area (Å²) in [5, 5.41) is 4.10. The summed E-state index contributed by atoms with van der Waals surface area (Å²) in [6, 6.07) is 13.7. The van der Waals surface area contributed by atoms with E-state index in [9.17, 15) is 4.79 Å². The molecule has 0 saturated carbocycles. The second-order valence-corrected chi connectivity index (χ2v) is 7.33. The Bertz CT molecular complexity index is 940. The molecule has 2 aromatic carbocycles. The molecule has 0 aliphatic carbocycles. The van der Waals surface area contributed by atoms with Crippen molar-refractivity contribution in [3.05, 3.63) is 65.4 Å². The first-order valence-corrected chi connectivity index (χ1v) is 9.28. The van der Waals surface area contributed by atoms with Gasteiger partial charge in [-0.2, -0.15) is 0 Å². The number of para-hydroxylation sites is 1. The largest absolute Gasteiger partial charge is 0.325 e. The Hall–Kier alpha value is -2.53. The number of hydrogen-bond acceptors (Lipinski definition) is 3. The van der Waals surface area contributed by atoms with Gasteiger partial charge in [-0.25, -0.2) is 4.98 Å². The molecule has 0 radical (unpaired) electrons. The van der Waals surface area contributed by atoms with E-state index in [2.05, 4.69) is 16.1 Å². The van der Waals surface area contributed by atoms with Gasteiger partial charge in [-0.05, 0) is 31.5 Å². The Labute approximate surface area is 151 Å². The molecule has 1 N–H and O–H groups in total. The minimum atomic E-state index is -0.0916. The third-order valence-corrected chi connectivity index (χ3v) is 5.35. The lowest BCUT2D eigenvalue weighted by Gasteiger charge is -2.11. The first kappa shape index (κ1) is 16.0. The van der Waals surface area contributed by atoms with Gasteiger partial charge in [0.1, 0.15) is 0 Å². The summed E-state index contributed by atoms with van der Waals surface area (Å²) >= 11 is 1.77. The number of nitrogens with one attached hydrogen (secondary N) is 1. The number of rotatable bonds is 3. The molecule has 4 rings (SSSR count). The number of aromatic nitrogens is 2. The van der Waals surface area contributed by atoms with E-state index in [1.165, 1.54) is 0 Å². The van der Waals surface area contributed by atoms with Crippen LogP contribution in [0.3, 0.4) is 0 Å². The first-order chi connectivity index (χ1) is 12.1. The summed E-state index contributed by atoms with van der Waals surface area (Å²) in [5.74, 6) is 0.985. The van der Waals surface area contributed by atoms with Crippen molar-refractivity contribution in [1.82, 2.24) is 9.55 Å². The van der Waals surface area contributed by atoms with Crippen LogP contribution in [-0.2, 0) is 6.54 Å². The number of amides is 1. The van der Waals surface area contributed by atoms with Crippen LogP contribution in [0.1, 0.15) is 21.5 Å². The van der Waals surface area contributed by atoms with Crippen molar-refractivity contribution in [2.24, 2.45) is 0 Å². The topological polar surface area (TPSA) is 46.9 Å². The molecule has 1 amide bonds. The Balaban J connectivity index is 1.65. The van der Waals surface area contributed by atoms with Gasteiger partial charge in [0.25, 0.3) is 5.91 Å². The van der Waals surface area contributed by atoms with Gasteiger partial charge < -0.3 is 9.88 Å². The number of benzene rings is 2. The van der Waals surface area contributed by atoms with Crippen molar-refractivity contribution in [3.8, 4) is 11.3 Å². The van der Waals surface area contributed by atoms with Crippen molar-refractivity contribution < 1.29 is 4.79 Å². The average molecular weight is 349 g/mol. The lowest BCUT2D eigenvalue weighted by atomic mass is 10.0. The molecule has 5 heteroatoms. The Morgan fingerprint density at radius 2 is 2.04 bits per heavy atom. The van der Waals surface area contributed by atoms with Crippen LogP contribution in [0.15, 0.2) is 53.8 Å². The average Bonchev–Trinajstić information content (AvgIpc) is 3.16. The van der Waals surface area contributed by atoms with Crippen molar-refractivity contribution in [2.75, 3.05) is 11.1 Å². The number of carbonyl (C=O) groups excluding carboxylic acids is 1. The second-order valence-electron chi connectivity index (χ2n) is 6.27. The normalized spacial score (nSPS) is 12.9. The van der Waals surface area contributed by atoms with Crippen molar-refractivity contribution in [1.29, 1.82) is 0 Å². The predicted octanol–water partition coefficient (Wildman–Crippen LogP) is 4.52. The summed E-state index contributed by atoms with van der Waals surface area (Å²) in [4.78, 5) is 17.4. The third kappa shape index (κ3) is 3.07. The van der Waals surface area contributed by atoms with Crippen LogP contribution in [0.4, 0.5) is 5.69 Å². The maximum absolute atomic E-state index is 12.7. The smallest absolute Gasteiger partial charge is 0.255 e. The third-order valence-electron chi connectivity index (χ3n) is 4.38. The molecule has 0 fully saturated rings. The SMILES string of the molecule is Cc1ccc(C(=O)Nc2ccccc2-c2cn3c(n2)SCC3)c(C)c1. The molecule has 126 valence electrons. The number of carbonyl (C=O) groups is 1. The van der Waals surface area contributed by atoms with Crippen LogP contribution >= 0.6 is 11.8 Å². The molecule has 0 bridgehead atoms. The van der Waals surface area contributed by atoms with Gasteiger partial charge >= 0.3 is 0 Å². The minimum absolute atomic E-state index is 0.0916. The quantitative estimate of drug-likeness (QED) is 0.756. The van der Waals surface area contributed by atoms with E-state index >= 15 is 0 Å². The zero-order valence-electron chi connectivity index (χ0n) is 14.2. The molecule has 1 aliphatic heterocycles. The highest BCUT2D eigenvalue weighted by atomic mass is 32.2. The maximum Gasteiger partial charge on any atom is 0.255 e. The van der Waals surface area contributed by atoms with Crippen LogP contribution in [0, 0.1) is 13.8 Å². The molecular formula is C20H19N3OS. The van der Waals surface area contributed by atoms with Crippen LogP contribution < -0.4 is 5.32 Å². The number of anilines is 1. The lowest BCUT2D eigenvalue weighted by Crippen LogP contribution is -2.14. The molecule has 4 nitrogen and oxygen atoms in total. The lowest BCUT2D eigenvalue weighted by molar-refractivity contribution is 0.102. The Kier molecular flexibility index (Phi) is 4.09. The molecular weight excluding hydrogens is 330 g/mol. The highest BCUT2D eigenvalue weighted by Gasteiger charge is 2.18. The molecule has 1 aromatic heterocycles. The Morgan fingerprint density at radius 1 is 1.20 bits per heavy atom. The fraction of sp³-hybridized carbons (Fsp3) is 0.200. The van der Waals surface area contributed by atoms with Crippen molar-refractivity contribution in [2.45, 2.75) is 25.5 Å². The summed E-state index contributed by atoms with van der Waals surface area (Å²) in [7, 11) is 0. The van der Waals surface area contributed by atoms with E-state index < -0.39 is 0 Å². The van der Waals surface area contributed by atoms with E-state index in [1.54, 1.807) is 11.8 Å². The zero-order valence-corrected chi connectivity index (χ0v) is 15.1. The monoisotopic (exact) mass is 349 g/mol.